The van der Waals surface area contributed by atoms with Crippen LogP contribution in [0.15, 0.2) is 48.5 Å². The first kappa shape index (κ1) is 12.7. The molecule has 2 amide bonds. The maximum atomic E-state index is 11.7. The van der Waals surface area contributed by atoms with Crippen LogP contribution < -0.4 is 10.6 Å². The van der Waals surface area contributed by atoms with Crippen molar-refractivity contribution in [2.45, 2.75) is 0 Å². The van der Waals surface area contributed by atoms with Gasteiger partial charge in [0.2, 0.25) is 0 Å². The highest BCUT2D eigenvalue weighted by molar-refractivity contribution is 6.31. The predicted molar refractivity (Wildman–Crippen MR) is 75.5 cm³/mol. The van der Waals surface area contributed by atoms with Gasteiger partial charge in [-0.05, 0) is 42.5 Å². The minimum Gasteiger partial charge on any atom is -0.308 e. The number of nitrogens with one attached hydrogen (secondary N) is 2. The zero-order chi connectivity index (χ0) is 13.0. The number of anilines is 2. The van der Waals surface area contributed by atoms with E-state index < -0.39 is 0 Å². The monoisotopic (exact) mass is 280 g/mol. The molecule has 5 heteroatoms. The van der Waals surface area contributed by atoms with Crippen molar-refractivity contribution in [2.24, 2.45) is 0 Å². The maximum Gasteiger partial charge on any atom is 0.323 e. The molecule has 2 aromatic rings. The largest absolute Gasteiger partial charge is 0.323 e. The van der Waals surface area contributed by atoms with Crippen LogP contribution in [0.3, 0.4) is 0 Å². The molecule has 92 valence electrons. The molecule has 0 aromatic heterocycles. The first-order chi connectivity index (χ1) is 8.63. The van der Waals surface area contributed by atoms with E-state index in [9.17, 15) is 4.79 Å². The number of benzene rings is 2. The van der Waals surface area contributed by atoms with Crippen molar-refractivity contribution in [2.75, 3.05) is 10.6 Å². The lowest BCUT2D eigenvalue weighted by molar-refractivity contribution is 0.262. The first-order valence-corrected chi connectivity index (χ1v) is 5.98. The second kappa shape index (κ2) is 5.76. The third-order valence-electron chi connectivity index (χ3n) is 2.18. The summed E-state index contributed by atoms with van der Waals surface area (Å²) in [5.41, 5.74) is 1.30. The Bertz CT molecular complexity index is 555. The Morgan fingerprint density at radius 2 is 1.50 bits per heavy atom. The number of carbonyl (C=O) groups excluding carboxylic acids is 1. The van der Waals surface area contributed by atoms with E-state index in [4.69, 9.17) is 23.2 Å². The van der Waals surface area contributed by atoms with Gasteiger partial charge in [-0.15, -0.1) is 0 Å². The Morgan fingerprint density at radius 3 is 2.17 bits per heavy atom. The van der Waals surface area contributed by atoms with Gasteiger partial charge in [0.05, 0.1) is 0 Å². The second-order valence-electron chi connectivity index (χ2n) is 3.60. The van der Waals surface area contributed by atoms with Crippen LogP contribution in [0.5, 0.6) is 0 Å². The fourth-order valence-corrected chi connectivity index (χ4v) is 1.71. The third-order valence-corrected chi connectivity index (χ3v) is 2.67. The van der Waals surface area contributed by atoms with Gasteiger partial charge in [0.15, 0.2) is 0 Å². The van der Waals surface area contributed by atoms with Crippen molar-refractivity contribution in [3.05, 3.63) is 58.6 Å². The SMILES string of the molecule is O=C(Nc1ccc(Cl)cc1)Nc1cccc(Cl)c1. The molecule has 3 nitrogen and oxygen atoms in total. The molecule has 2 rings (SSSR count). The summed E-state index contributed by atoms with van der Waals surface area (Å²) in [4.78, 5) is 11.7. The molecule has 0 fully saturated rings. The van der Waals surface area contributed by atoms with E-state index in [1.54, 1.807) is 48.5 Å². The molecule has 0 atom stereocenters. The number of carbonyl (C=O) groups is 1. The van der Waals surface area contributed by atoms with Crippen molar-refractivity contribution in [3.63, 3.8) is 0 Å². The summed E-state index contributed by atoms with van der Waals surface area (Å²) in [5, 5.41) is 6.55. The predicted octanol–water partition coefficient (Wildman–Crippen LogP) is 4.64. The molecular weight excluding hydrogens is 271 g/mol. The summed E-state index contributed by atoms with van der Waals surface area (Å²) < 4.78 is 0. The van der Waals surface area contributed by atoms with E-state index in [1.807, 2.05) is 0 Å². The Labute approximate surface area is 115 Å². The fourth-order valence-electron chi connectivity index (χ4n) is 1.39. The standard InChI is InChI=1S/C13H10Cl2N2O/c14-9-4-6-11(7-5-9)16-13(18)17-12-3-1-2-10(15)8-12/h1-8H,(H2,16,17,18). The Kier molecular flexibility index (Phi) is 4.07. The summed E-state index contributed by atoms with van der Waals surface area (Å²) in [5.74, 6) is 0. The minimum atomic E-state index is -0.334. The van der Waals surface area contributed by atoms with Crippen molar-refractivity contribution in [3.8, 4) is 0 Å². The molecule has 0 radical (unpaired) electrons. The number of rotatable bonds is 2. The molecule has 0 aliphatic rings. The molecule has 0 saturated carbocycles. The molecule has 2 N–H and O–H groups in total. The molecular formula is C13H10Cl2N2O. The van der Waals surface area contributed by atoms with Crippen molar-refractivity contribution in [1.29, 1.82) is 0 Å². The zero-order valence-electron chi connectivity index (χ0n) is 9.28. The number of urea groups is 1. The van der Waals surface area contributed by atoms with Crippen LogP contribution in [0, 0.1) is 0 Å². The average Bonchev–Trinajstić information content (AvgIpc) is 2.32. The van der Waals surface area contributed by atoms with Crippen molar-refractivity contribution >= 4 is 40.6 Å². The molecule has 2 aromatic carbocycles. The molecule has 0 heterocycles. The molecule has 0 aliphatic carbocycles. The van der Waals surface area contributed by atoms with Gasteiger partial charge in [0.1, 0.15) is 0 Å². The van der Waals surface area contributed by atoms with Crippen molar-refractivity contribution < 1.29 is 4.79 Å². The van der Waals surface area contributed by atoms with Gasteiger partial charge in [-0.1, -0.05) is 29.3 Å². The molecule has 0 saturated heterocycles. The number of amides is 2. The number of hydrogen-bond acceptors (Lipinski definition) is 1. The quantitative estimate of drug-likeness (QED) is 0.827. The van der Waals surface area contributed by atoms with Crippen LogP contribution in [0.4, 0.5) is 16.2 Å². The van der Waals surface area contributed by atoms with E-state index in [-0.39, 0.29) is 6.03 Å². The molecule has 0 unspecified atom stereocenters. The normalized spacial score (nSPS) is 9.89. The van der Waals surface area contributed by atoms with E-state index in [2.05, 4.69) is 10.6 Å². The Balaban J connectivity index is 1.98. The number of halogens is 2. The van der Waals surface area contributed by atoms with Crippen LogP contribution in [-0.2, 0) is 0 Å². The molecule has 0 bridgehead atoms. The minimum absolute atomic E-state index is 0.334. The van der Waals surface area contributed by atoms with Crippen LogP contribution in [0.2, 0.25) is 10.0 Å². The van der Waals surface area contributed by atoms with Gasteiger partial charge in [0.25, 0.3) is 0 Å². The average molecular weight is 281 g/mol. The fraction of sp³-hybridized carbons (Fsp3) is 0. The summed E-state index contributed by atoms with van der Waals surface area (Å²) in [7, 11) is 0. The lowest BCUT2D eigenvalue weighted by Gasteiger charge is -2.07. The van der Waals surface area contributed by atoms with Crippen LogP contribution in [0.1, 0.15) is 0 Å². The van der Waals surface area contributed by atoms with E-state index in [0.29, 0.717) is 21.4 Å². The Morgan fingerprint density at radius 1 is 0.833 bits per heavy atom. The zero-order valence-corrected chi connectivity index (χ0v) is 10.8. The van der Waals surface area contributed by atoms with Gasteiger partial charge >= 0.3 is 6.03 Å². The second-order valence-corrected chi connectivity index (χ2v) is 4.47. The van der Waals surface area contributed by atoms with Crippen LogP contribution in [0.25, 0.3) is 0 Å². The highest BCUT2D eigenvalue weighted by Gasteiger charge is 2.02. The van der Waals surface area contributed by atoms with Gasteiger partial charge in [-0.3, -0.25) is 0 Å². The third kappa shape index (κ3) is 3.65. The summed E-state index contributed by atoms with van der Waals surface area (Å²) in [6.07, 6.45) is 0. The molecule has 18 heavy (non-hydrogen) atoms. The summed E-state index contributed by atoms with van der Waals surface area (Å²) in [6, 6.07) is 13.5. The number of hydrogen-bond donors (Lipinski definition) is 2. The van der Waals surface area contributed by atoms with Crippen LogP contribution in [-0.4, -0.2) is 6.03 Å². The highest BCUT2D eigenvalue weighted by Crippen LogP contribution is 2.16. The van der Waals surface area contributed by atoms with E-state index >= 15 is 0 Å². The molecule has 0 aliphatic heterocycles. The van der Waals surface area contributed by atoms with Gasteiger partial charge in [-0.2, -0.15) is 0 Å². The lowest BCUT2D eigenvalue weighted by atomic mass is 10.3. The van der Waals surface area contributed by atoms with Gasteiger partial charge in [0, 0.05) is 21.4 Å². The summed E-state index contributed by atoms with van der Waals surface area (Å²) >= 11 is 11.6. The summed E-state index contributed by atoms with van der Waals surface area (Å²) in [6.45, 7) is 0. The topological polar surface area (TPSA) is 41.1 Å². The van der Waals surface area contributed by atoms with Gasteiger partial charge < -0.3 is 10.6 Å². The molecule has 0 spiro atoms. The van der Waals surface area contributed by atoms with Crippen LogP contribution >= 0.6 is 23.2 Å². The smallest absolute Gasteiger partial charge is 0.308 e. The van der Waals surface area contributed by atoms with Crippen molar-refractivity contribution in [1.82, 2.24) is 0 Å². The Hall–Kier alpha value is -1.71. The lowest BCUT2D eigenvalue weighted by Crippen LogP contribution is -2.19. The highest BCUT2D eigenvalue weighted by atomic mass is 35.5. The van der Waals surface area contributed by atoms with E-state index in [0.717, 1.165) is 0 Å². The van der Waals surface area contributed by atoms with Gasteiger partial charge in [-0.25, -0.2) is 4.79 Å². The van der Waals surface area contributed by atoms with E-state index in [1.165, 1.54) is 0 Å². The maximum absolute atomic E-state index is 11.7. The first-order valence-electron chi connectivity index (χ1n) is 5.22.